The summed E-state index contributed by atoms with van der Waals surface area (Å²) >= 11 is 1.41. The third kappa shape index (κ3) is 6.45. The van der Waals surface area contributed by atoms with Crippen molar-refractivity contribution in [3.63, 3.8) is 0 Å². The van der Waals surface area contributed by atoms with Crippen LogP contribution in [0.15, 0.2) is 5.38 Å². The predicted molar refractivity (Wildman–Crippen MR) is 94.4 cm³/mol. The van der Waals surface area contributed by atoms with Crippen LogP contribution < -0.4 is 16.0 Å². The Morgan fingerprint density at radius 3 is 3.00 bits per heavy atom. The Morgan fingerprint density at radius 1 is 1.38 bits per heavy atom. The van der Waals surface area contributed by atoms with Gasteiger partial charge in [0, 0.05) is 38.0 Å². The van der Waals surface area contributed by atoms with E-state index < -0.39 is 0 Å². The lowest BCUT2D eigenvalue weighted by molar-refractivity contribution is -0.121. The molecule has 0 bridgehead atoms. The van der Waals surface area contributed by atoms with Crippen LogP contribution in [0.25, 0.3) is 0 Å². The third-order valence-electron chi connectivity index (χ3n) is 3.73. The molecule has 1 atom stereocenters. The molecule has 0 saturated carbocycles. The maximum atomic E-state index is 12.0. The maximum Gasteiger partial charge on any atom is 0.270 e. The van der Waals surface area contributed by atoms with E-state index in [4.69, 9.17) is 4.74 Å². The number of nitrogens with one attached hydrogen (secondary N) is 3. The molecule has 24 heavy (non-hydrogen) atoms. The minimum absolute atomic E-state index is 0.0778. The highest BCUT2D eigenvalue weighted by Crippen LogP contribution is 2.15. The van der Waals surface area contributed by atoms with Crippen LogP contribution in [0.5, 0.6) is 0 Å². The molecule has 0 radical (unpaired) electrons. The molecule has 2 rings (SSSR count). The molecule has 1 unspecified atom stereocenters. The molecule has 1 fully saturated rings. The molecule has 2 heterocycles. The number of aromatic nitrogens is 1. The molecule has 1 aliphatic rings. The first-order valence-electron chi connectivity index (χ1n) is 8.55. The smallest absolute Gasteiger partial charge is 0.270 e. The standard InChI is InChI=1S/C16H26N4O3S/c1-2-3-7-18-16-20-13(11-24-16)15(22)17-8-6-14(21)19-10-12-5-4-9-23-12/h11-12H,2-10H2,1H3,(H,17,22)(H,18,20)(H,19,21). The van der Waals surface area contributed by atoms with Crippen LogP contribution >= 0.6 is 11.3 Å². The Balaban J connectivity index is 1.60. The molecule has 1 saturated heterocycles. The van der Waals surface area contributed by atoms with Crippen molar-refractivity contribution in [2.24, 2.45) is 0 Å². The van der Waals surface area contributed by atoms with Crippen LogP contribution in [0.4, 0.5) is 5.13 Å². The number of thiazole rings is 1. The van der Waals surface area contributed by atoms with Crippen LogP contribution in [0.1, 0.15) is 49.5 Å². The number of hydrogen-bond donors (Lipinski definition) is 3. The van der Waals surface area contributed by atoms with Gasteiger partial charge in [-0.3, -0.25) is 9.59 Å². The molecule has 3 N–H and O–H groups in total. The summed E-state index contributed by atoms with van der Waals surface area (Å²) in [5, 5.41) is 11.2. The summed E-state index contributed by atoms with van der Waals surface area (Å²) in [6.45, 7) is 4.60. The second kappa shape index (κ2) is 10.2. The average molecular weight is 354 g/mol. The van der Waals surface area contributed by atoms with Gasteiger partial charge in [-0.15, -0.1) is 11.3 Å². The Kier molecular flexibility index (Phi) is 7.97. The Hall–Kier alpha value is -1.67. The van der Waals surface area contributed by atoms with E-state index in [-0.39, 0.29) is 24.3 Å². The maximum absolute atomic E-state index is 12.0. The number of carbonyl (C=O) groups excluding carboxylic acids is 2. The van der Waals surface area contributed by atoms with Crippen LogP contribution in [-0.2, 0) is 9.53 Å². The molecule has 0 aromatic carbocycles. The van der Waals surface area contributed by atoms with E-state index in [9.17, 15) is 9.59 Å². The normalized spacial score (nSPS) is 16.8. The topological polar surface area (TPSA) is 92.4 Å². The van der Waals surface area contributed by atoms with Gasteiger partial charge in [0.2, 0.25) is 5.91 Å². The fourth-order valence-corrected chi connectivity index (χ4v) is 3.05. The van der Waals surface area contributed by atoms with E-state index >= 15 is 0 Å². The molecular formula is C16H26N4O3S. The molecule has 1 aromatic heterocycles. The monoisotopic (exact) mass is 354 g/mol. The summed E-state index contributed by atoms with van der Waals surface area (Å²) in [7, 11) is 0. The second-order valence-corrected chi connectivity index (χ2v) is 6.62. The van der Waals surface area contributed by atoms with Gasteiger partial charge in [0.15, 0.2) is 5.13 Å². The second-order valence-electron chi connectivity index (χ2n) is 5.76. The number of amides is 2. The molecule has 2 amide bonds. The number of unbranched alkanes of at least 4 members (excludes halogenated alkanes) is 1. The fraction of sp³-hybridized carbons (Fsp3) is 0.688. The Labute approximate surface area is 146 Å². The van der Waals surface area contributed by atoms with Crippen molar-refractivity contribution >= 4 is 28.3 Å². The van der Waals surface area contributed by atoms with E-state index in [1.165, 1.54) is 11.3 Å². The molecule has 1 aliphatic heterocycles. The number of rotatable bonds is 10. The molecular weight excluding hydrogens is 328 g/mol. The molecule has 7 nitrogen and oxygen atoms in total. The summed E-state index contributed by atoms with van der Waals surface area (Å²) in [6, 6.07) is 0. The first-order valence-corrected chi connectivity index (χ1v) is 9.43. The number of carbonyl (C=O) groups is 2. The van der Waals surface area contributed by atoms with Crippen LogP contribution in [0.3, 0.4) is 0 Å². The molecule has 134 valence electrons. The number of nitrogens with zero attached hydrogens (tertiary/aromatic N) is 1. The van der Waals surface area contributed by atoms with Crippen LogP contribution in [-0.4, -0.2) is 49.1 Å². The highest BCUT2D eigenvalue weighted by atomic mass is 32.1. The van der Waals surface area contributed by atoms with E-state index in [1.807, 2.05) is 0 Å². The third-order valence-corrected chi connectivity index (χ3v) is 4.53. The summed E-state index contributed by atoms with van der Waals surface area (Å²) < 4.78 is 5.44. The number of anilines is 1. The first kappa shape index (κ1) is 18.7. The fourth-order valence-electron chi connectivity index (χ4n) is 2.33. The average Bonchev–Trinajstić information content (AvgIpc) is 3.25. The first-order chi connectivity index (χ1) is 11.7. The van der Waals surface area contributed by atoms with Gasteiger partial charge < -0.3 is 20.7 Å². The highest BCUT2D eigenvalue weighted by Gasteiger charge is 2.16. The van der Waals surface area contributed by atoms with Crippen molar-refractivity contribution < 1.29 is 14.3 Å². The lowest BCUT2D eigenvalue weighted by Gasteiger charge is -2.10. The zero-order valence-electron chi connectivity index (χ0n) is 14.1. The lowest BCUT2D eigenvalue weighted by Crippen LogP contribution is -2.34. The summed E-state index contributed by atoms with van der Waals surface area (Å²) in [4.78, 5) is 28.0. The summed E-state index contributed by atoms with van der Waals surface area (Å²) in [5.41, 5.74) is 0.388. The van der Waals surface area contributed by atoms with Gasteiger partial charge in [-0.1, -0.05) is 13.3 Å². The summed E-state index contributed by atoms with van der Waals surface area (Å²) in [6.07, 6.45) is 4.62. The minimum Gasteiger partial charge on any atom is -0.376 e. The quantitative estimate of drug-likeness (QED) is 0.557. The van der Waals surface area contributed by atoms with E-state index in [0.717, 1.165) is 44.0 Å². The molecule has 8 heteroatoms. The summed E-state index contributed by atoms with van der Waals surface area (Å²) in [5.74, 6) is -0.326. The van der Waals surface area contributed by atoms with Crippen molar-refractivity contribution in [1.29, 1.82) is 0 Å². The zero-order chi connectivity index (χ0) is 17.2. The zero-order valence-corrected chi connectivity index (χ0v) is 14.9. The number of ether oxygens (including phenoxy) is 1. The van der Waals surface area contributed by atoms with Gasteiger partial charge >= 0.3 is 0 Å². The van der Waals surface area contributed by atoms with Crippen LogP contribution in [0, 0.1) is 0 Å². The van der Waals surface area contributed by atoms with Gasteiger partial charge in [-0.2, -0.15) is 0 Å². The van der Waals surface area contributed by atoms with Crippen molar-refractivity contribution in [1.82, 2.24) is 15.6 Å². The lowest BCUT2D eigenvalue weighted by atomic mass is 10.2. The van der Waals surface area contributed by atoms with Gasteiger partial charge in [-0.25, -0.2) is 4.98 Å². The number of hydrogen-bond acceptors (Lipinski definition) is 6. The largest absolute Gasteiger partial charge is 0.376 e. The molecule has 0 spiro atoms. The highest BCUT2D eigenvalue weighted by molar-refractivity contribution is 7.13. The SMILES string of the molecule is CCCCNc1nc(C(=O)NCCC(=O)NCC2CCCO2)cs1. The van der Waals surface area contributed by atoms with Crippen LogP contribution in [0.2, 0.25) is 0 Å². The van der Waals surface area contributed by atoms with Crippen molar-refractivity contribution in [3.05, 3.63) is 11.1 Å². The Morgan fingerprint density at radius 2 is 2.25 bits per heavy atom. The van der Waals surface area contributed by atoms with Gasteiger partial charge in [0.05, 0.1) is 6.10 Å². The molecule has 1 aromatic rings. The Bertz CT molecular complexity index is 529. The van der Waals surface area contributed by atoms with Crippen molar-refractivity contribution in [2.45, 2.75) is 45.1 Å². The van der Waals surface area contributed by atoms with Gasteiger partial charge in [0.1, 0.15) is 5.69 Å². The molecule has 0 aliphatic carbocycles. The predicted octanol–water partition coefficient (Wildman–Crippen LogP) is 1.77. The van der Waals surface area contributed by atoms with E-state index in [2.05, 4.69) is 27.9 Å². The minimum atomic E-state index is -0.248. The van der Waals surface area contributed by atoms with Gasteiger partial charge in [-0.05, 0) is 19.3 Å². The van der Waals surface area contributed by atoms with Crippen molar-refractivity contribution in [2.75, 3.05) is 31.6 Å². The van der Waals surface area contributed by atoms with Crippen molar-refractivity contribution in [3.8, 4) is 0 Å². The van der Waals surface area contributed by atoms with E-state index in [0.29, 0.717) is 18.8 Å². The van der Waals surface area contributed by atoms with E-state index in [1.54, 1.807) is 5.38 Å². The van der Waals surface area contributed by atoms with Gasteiger partial charge in [0.25, 0.3) is 5.91 Å².